The number of ether oxygens (including phenoxy) is 1. The number of aliphatic carboxylic acids is 1. The maximum Gasteiger partial charge on any atom is 0.418 e. The number of anilines is 1. The SMILES string of the molecule is Nc1c(Cl)cc(CC(CC(=O)O)C(=O)N2C(=O)OCC2Cc2ccccc2)cc1C(F)(F)F. The Labute approximate surface area is 191 Å². The molecule has 0 saturated carbocycles. The Kier molecular flexibility index (Phi) is 7.16. The Morgan fingerprint density at radius 3 is 2.48 bits per heavy atom. The molecule has 0 bridgehead atoms. The summed E-state index contributed by atoms with van der Waals surface area (Å²) in [6.45, 7) is -0.0782. The minimum absolute atomic E-state index is 0.0340. The molecule has 7 nitrogen and oxygen atoms in total. The van der Waals surface area contributed by atoms with Crippen molar-refractivity contribution in [2.75, 3.05) is 12.3 Å². The van der Waals surface area contributed by atoms with Crippen LogP contribution in [0.25, 0.3) is 0 Å². The van der Waals surface area contributed by atoms with Gasteiger partial charge in [-0.15, -0.1) is 0 Å². The summed E-state index contributed by atoms with van der Waals surface area (Å²) in [6, 6.07) is 10.2. The number of imide groups is 1. The standard InChI is InChI=1S/C22H20ClF3N2O5/c23-17-9-13(8-16(19(17)27)22(24,25)26)6-14(10-18(29)30)20(31)28-15(11-33-21(28)32)7-12-4-2-1-3-5-12/h1-5,8-9,14-15H,6-7,10-11,27H2,(H,29,30). The highest BCUT2D eigenvalue weighted by molar-refractivity contribution is 6.33. The summed E-state index contributed by atoms with van der Waals surface area (Å²) in [6.07, 6.45) is -6.54. The second-order valence-corrected chi connectivity index (χ2v) is 8.07. The first-order valence-electron chi connectivity index (χ1n) is 9.88. The molecule has 1 aliphatic rings. The fourth-order valence-corrected chi connectivity index (χ4v) is 3.97. The number of nitrogens with zero attached hydrogens (tertiary/aromatic N) is 1. The molecule has 2 unspecified atom stereocenters. The first kappa shape index (κ1) is 24.4. The van der Waals surface area contributed by atoms with E-state index in [2.05, 4.69) is 0 Å². The fraction of sp³-hybridized carbons (Fsp3) is 0.318. The number of amides is 2. The lowest BCUT2D eigenvalue weighted by Crippen LogP contribution is -2.44. The number of benzene rings is 2. The number of carbonyl (C=O) groups excluding carboxylic acids is 2. The maximum atomic E-state index is 13.3. The van der Waals surface area contributed by atoms with Crippen LogP contribution in [0.1, 0.15) is 23.1 Å². The summed E-state index contributed by atoms with van der Waals surface area (Å²) in [5, 5.41) is 8.92. The van der Waals surface area contributed by atoms with E-state index in [4.69, 9.17) is 22.1 Å². The monoisotopic (exact) mass is 484 g/mol. The molecule has 2 aromatic rings. The predicted molar refractivity (Wildman–Crippen MR) is 112 cm³/mol. The van der Waals surface area contributed by atoms with Crippen molar-refractivity contribution in [3.63, 3.8) is 0 Å². The Hall–Kier alpha value is -3.27. The van der Waals surface area contributed by atoms with E-state index in [0.29, 0.717) is 0 Å². The van der Waals surface area contributed by atoms with Crippen LogP contribution in [0, 0.1) is 5.92 Å². The third-order valence-electron chi connectivity index (χ3n) is 5.26. The first-order valence-corrected chi connectivity index (χ1v) is 10.3. The van der Waals surface area contributed by atoms with Crippen molar-refractivity contribution in [1.82, 2.24) is 4.90 Å². The zero-order valence-electron chi connectivity index (χ0n) is 17.1. The third-order valence-corrected chi connectivity index (χ3v) is 5.57. The number of carboxylic acid groups (broad SMARTS) is 1. The number of nitrogen functional groups attached to an aromatic ring is 1. The highest BCUT2D eigenvalue weighted by Crippen LogP contribution is 2.38. The van der Waals surface area contributed by atoms with Crippen molar-refractivity contribution in [3.05, 3.63) is 64.2 Å². The average Bonchev–Trinajstić information content (AvgIpc) is 3.09. The summed E-state index contributed by atoms with van der Waals surface area (Å²) in [4.78, 5) is 37.8. The van der Waals surface area contributed by atoms with Gasteiger partial charge in [-0.2, -0.15) is 13.2 Å². The van der Waals surface area contributed by atoms with E-state index in [-0.39, 0.29) is 23.6 Å². The van der Waals surface area contributed by atoms with Crippen LogP contribution in [0.3, 0.4) is 0 Å². The average molecular weight is 485 g/mol. The van der Waals surface area contributed by atoms with Crippen molar-refractivity contribution >= 4 is 35.3 Å². The van der Waals surface area contributed by atoms with E-state index < -0.39 is 60.2 Å². The van der Waals surface area contributed by atoms with Crippen LogP contribution >= 0.6 is 11.6 Å². The number of carbonyl (C=O) groups is 3. The van der Waals surface area contributed by atoms with Gasteiger partial charge in [0.15, 0.2) is 0 Å². The molecule has 0 aliphatic carbocycles. The van der Waals surface area contributed by atoms with Gasteiger partial charge in [0.25, 0.3) is 0 Å². The molecule has 3 rings (SSSR count). The van der Waals surface area contributed by atoms with Gasteiger partial charge in [-0.1, -0.05) is 41.9 Å². The molecule has 33 heavy (non-hydrogen) atoms. The number of alkyl halides is 3. The van der Waals surface area contributed by atoms with Crippen molar-refractivity contribution in [3.8, 4) is 0 Å². The largest absolute Gasteiger partial charge is 0.481 e. The lowest BCUT2D eigenvalue weighted by molar-refractivity contribution is -0.143. The molecule has 2 atom stereocenters. The van der Waals surface area contributed by atoms with E-state index in [0.717, 1.165) is 22.6 Å². The molecule has 2 amide bonds. The van der Waals surface area contributed by atoms with Gasteiger partial charge >= 0.3 is 18.2 Å². The van der Waals surface area contributed by atoms with Crippen molar-refractivity contribution in [2.45, 2.75) is 31.5 Å². The summed E-state index contributed by atoms with van der Waals surface area (Å²) < 4.78 is 44.9. The molecule has 3 N–H and O–H groups in total. The topological polar surface area (TPSA) is 110 Å². The van der Waals surface area contributed by atoms with Crippen molar-refractivity contribution in [2.24, 2.45) is 5.92 Å². The van der Waals surface area contributed by atoms with Crippen LogP contribution in [0.5, 0.6) is 0 Å². The maximum absolute atomic E-state index is 13.3. The molecule has 1 saturated heterocycles. The fourth-order valence-electron chi connectivity index (χ4n) is 3.73. The molecule has 0 aromatic heterocycles. The number of halogens is 4. The van der Waals surface area contributed by atoms with E-state index in [9.17, 15) is 32.7 Å². The third kappa shape index (κ3) is 5.75. The molecule has 1 heterocycles. The van der Waals surface area contributed by atoms with Crippen LogP contribution in [0.4, 0.5) is 23.7 Å². The van der Waals surface area contributed by atoms with E-state index in [1.54, 1.807) is 30.3 Å². The van der Waals surface area contributed by atoms with Gasteiger partial charge in [0, 0.05) is 0 Å². The van der Waals surface area contributed by atoms with Crippen molar-refractivity contribution < 1.29 is 37.4 Å². The van der Waals surface area contributed by atoms with Crippen LogP contribution in [0.15, 0.2) is 42.5 Å². The van der Waals surface area contributed by atoms with Crippen LogP contribution in [-0.2, 0) is 33.3 Å². The van der Waals surface area contributed by atoms with Crippen LogP contribution in [0.2, 0.25) is 5.02 Å². The highest BCUT2D eigenvalue weighted by Gasteiger charge is 2.42. The number of hydrogen-bond acceptors (Lipinski definition) is 5. The lowest BCUT2D eigenvalue weighted by atomic mass is 9.92. The minimum atomic E-state index is -4.80. The normalized spacial score (nSPS) is 17.0. The Bertz CT molecular complexity index is 1060. The highest BCUT2D eigenvalue weighted by atomic mass is 35.5. The minimum Gasteiger partial charge on any atom is -0.481 e. The predicted octanol–water partition coefficient (Wildman–Crippen LogP) is 4.16. The zero-order valence-corrected chi connectivity index (χ0v) is 17.9. The molecule has 11 heteroatoms. The number of carboxylic acids is 1. The molecule has 176 valence electrons. The smallest absolute Gasteiger partial charge is 0.418 e. The number of nitrogens with two attached hydrogens (primary N) is 1. The quantitative estimate of drug-likeness (QED) is 0.571. The van der Waals surface area contributed by atoms with Gasteiger partial charge in [0.1, 0.15) is 6.61 Å². The molecule has 1 fully saturated rings. The zero-order chi connectivity index (χ0) is 24.3. The lowest BCUT2D eigenvalue weighted by Gasteiger charge is -2.25. The van der Waals surface area contributed by atoms with Gasteiger partial charge in [-0.25, -0.2) is 9.69 Å². The van der Waals surface area contributed by atoms with Gasteiger partial charge in [0.05, 0.1) is 34.7 Å². The van der Waals surface area contributed by atoms with Gasteiger partial charge in [-0.05, 0) is 36.1 Å². The van der Waals surface area contributed by atoms with E-state index >= 15 is 0 Å². The molecule has 0 radical (unpaired) electrons. The number of cyclic esters (lactones) is 1. The van der Waals surface area contributed by atoms with Crippen molar-refractivity contribution in [1.29, 1.82) is 0 Å². The summed E-state index contributed by atoms with van der Waals surface area (Å²) in [7, 11) is 0. The Balaban J connectivity index is 1.89. The number of rotatable bonds is 7. The second kappa shape index (κ2) is 9.70. The number of hydrogen-bond donors (Lipinski definition) is 2. The van der Waals surface area contributed by atoms with E-state index in [1.165, 1.54) is 0 Å². The van der Waals surface area contributed by atoms with Crippen LogP contribution < -0.4 is 5.73 Å². The summed E-state index contributed by atoms with van der Waals surface area (Å²) in [5.74, 6) is -3.52. The second-order valence-electron chi connectivity index (χ2n) is 7.66. The molecule has 0 spiro atoms. The molecule has 1 aliphatic heterocycles. The Morgan fingerprint density at radius 1 is 1.21 bits per heavy atom. The van der Waals surface area contributed by atoms with E-state index in [1.807, 2.05) is 0 Å². The van der Waals surface area contributed by atoms with Gasteiger partial charge in [0.2, 0.25) is 5.91 Å². The summed E-state index contributed by atoms with van der Waals surface area (Å²) >= 11 is 5.85. The van der Waals surface area contributed by atoms with Gasteiger partial charge in [-0.3, -0.25) is 9.59 Å². The summed E-state index contributed by atoms with van der Waals surface area (Å²) in [5.41, 5.74) is 4.38. The molecular formula is C22H20ClF3N2O5. The molecule has 2 aromatic carbocycles. The molecular weight excluding hydrogens is 465 g/mol. The first-order chi connectivity index (χ1) is 15.5. The van der Waals surface area contributed by atoms with Gasteiger partial charge < -0.3 is 15.6 Å². The van der Waals surface area contributed by atoms with Crippen LogP contribution in [-0.4, -0.2) is 40.6 Å². The Morgan fingerprint density at radius 2 is 1.88 bits per heavy atom.